The van der Waals surface area contributed by atoms with E-state index in [-0.39, 0.29) is 0 Å². The largest absolute Gasteiger partial charge is 0.478 e. The molecule has 6 heteroatoms. The van der Waals surface area contributed by atoms with Crippen LogP contribution in [0.15, 0.2) is 91.3 Å². The minimum absolute atomic E-state index is 0.302. The minimum Gasteiger partial charge on any atom is -0.478 e. The molecule has 0 bridgehead atoms. The summed E-state index contributed by atoms with van der Waals surface area (Å²) in [5.74, 6) is 0.00161. The fourth-order valence-electron chi connectivity index (χ4n) is 4.90. The number of aromatic nitrogens is 4. The van der Waals surface area contributed by atoms with Gasteiger partial charge in [0.15, 0.2) is 0 Å². The quantitative estimate of drug-likeness (QED) is 0.254. The lowest BCUT2D eigenvalue weighted by Gasteiger charge is -2.10. The monoisotopic (exact) mass is 516 g/mol. The van der Waals surface area contributed by atoms with Gasteiger partial charge in [0.2, 0.25) is 0 Å². The molecule has 196 valence electrons. The van der Waals surface area contributed by atoms with Crippen molar-refractivity contribution in [3.05, 3.63) is 108 Å². The van der Waals surface area contributed by atoms with Crippen LogP contribution >= 0.6 is 0 Å². The molecule has 6 aromatic rings. The van der Waals surface area contributed by atoms with Crippen LogP contribution in [0.4, 0.5) is 0 Å². The van der Waals surface area contributed by atoms with Crippen molar-refractivity contribution < 1.29 is 9.90 Å². The summed E-state index contributed by atoms with van der Waals surface area (Å²) in [6.45, 7) is 6.99. The maximum absolute atomic E-state index is 11.6. The van der Waals surface area contributed by atoms with E-state index in [1.165, 1.54) is 6.42 Å². The molecule has 6 nitrogen and oxygen atoms in total. The maximum atomic E-state index is 11.6. The highest BCUT2D eigenvalue weighted by molar-refractivity contribution is 5.96. The fraction of sp³-hybridized carbons (Fsp3) is 0.182. The molecule has 1 N–H and O–H groups in total. The molecule has 0 aliphatic carbocycles. The van der Waals surface area contributed by atoms with E-state index >= 15 is 0 Å². The van der Waals surface area contributed by atoms with Gasteiger partial charge < -0.3 is 14.2 Å². The Kier molecular flexibility index (Phi) is 7.28. The highest BCUT2D eigenvalue weighted by Gasteiger charge is 2.15. The number of aromatic carboxylic acids is 1. The molecule has 0 saturated carbocycles. The standard InChI is InChI=1S/C30H24N4O2.C3H8/c1-19-15-22(29-32-25-9-5-6-10-26(25)33(29)2)16-27-28(19)31-18-34(27)17-20-11-13-21(14-12-20)23-7-3-4-8-24(23)30(35)36;1-3-2/h3-16,18H,17H2,1-2H3,(H,35,36);3H2,1-2H3. The number of carboxylic acids is 1. The Balaban J connectivity index is 0.000000983. The molecule has 0 unspecified atom stereocenters. The van der Waals surface area contributed by atoms with Gasteiger partial charge in [-0.15, -0.1) is 0 Å². The van der Waals surface area contributed by atoms with E-state index in [1.54, 1.807) is 12.1 Å². The number of hydrogen-bond acceptors (Lipinski definition) is 3. The molecule has 0 spiro atoms. The van der Waals surface area contributed by atoms with Gasteiger partial charge in [-0.3, -0.25) is 0 Å². The summed E-state index contributed by atoms with van der Waals surface area (Å²) in [6.07, 6.45) is 3.13. The third kappa shape index (κ3) is 5.06. The van der Waals surface area contributed by atoms with Crippen LogP contribution < -0.4 is 0 Å². The molecule has 0 amide bonds. The second-order valence-electron chi connectivity index (χ2n) is 9.77. The zero-order valence-electron chi connectivity index (χ0n) is 22.7. The lowest BCUT2D eigenvalue weighted by Crippen LogP contribution is -2.00. The van der Waals surface area contributed by atoms with E-state index in [0.29, 0.717) is 17.7 Å². The van der Waals surface area contributed by atoms with Crippen LogP contribution in [-0.4, -0.2) is 30.2 Å². The molecule has 6 rings (SSSR count). The SMILES string of the molecule is CCC.Cc1cc(-c2nc3ccccc3n2C)cc2c1ncn2Cc1ccc(-c2ccccc2C(=O)O)cc1. The van der Waals surface area contributed by atoms with Crippen LogP contribution in [0.3, 0.4) is 0 Å². The number of carbonyl (C=O) groups is 1. The predicted molar refractivity (Wildman–Crippen MR) is 158 cm³/mol. The number of benzene rings is 4. The summed E-state index contributed by atoms with van der Waals surface area (Å²) in [5.41, 5.74) is 9.28. The average molecular weight is 517 g/mol. The molecule has 0 saturated heterocycles. The number of carboxylic acid groups (broad SMARTS) is 1. The number of rotatable bonds is 5. The van der Waals surface area contributed by atoms with Gasteiger partial charge >= 0.3 is 5.97 Å². The average Bonchev–Trinajstić information content (AvgIpc) is 3.51. The van der Waals surface area contributed by atoms with Crippen molar-refractivity contribution >= 4 is 28.0 Å². The van der Waals surface area contributed by atoms with Crippen LogP contribution in [0.1, 0.15) is 41.8 Å². The molecule has 0 radical (unpaired) electrons. The highest BCUT2D eigenvalue weighted by atomic mass is 16.4. The van der Waals surface area contributed by atoms with Crippen molar-refractivity contribution in [3.8, 4) is 22.5 Å². The molecule has 2 heterocycles. The molecule has 0 fully saturated rings. The van der Waals surface area contributed by atoms with E-state index in [2.05, 4.69) is 53.1 Å². The Morgan fingerprint density at radius 3 is 2.28 bits per heavy atom. The third-order valence-corrected chi connectivity index (χ3v) is 6.74. The van der Waals surface area contributed by atoms with E-state index in [0.717, 1.165) is 50.1 Å². The number of nitrogens with zero attached hydrogens (tertiary/aromatic N) is 4. The Bertz CT molecular complexity index is 1780. The van der Waals surface area contributed by atoms with Gasteiger partial charge in [0.05, 0.1) is 34.0 Å². The molecule has 2 aromatic heterocycles. The predicted octanol–water partition coefficient (Wildman–Crippen LogP) is 7.73. The Morgan fingerprint density at radius 1 is 0.872 bits per heavy atom. The van der Waals surface area contributed by atoms with Crippen molar-refractivity contribution in [3.63, 3.8) is 0 Å². The van der Waals surface area contributed by atoms with Gasteiger partial charge in [0.25, 0.3) is 0 Å². The molecular formula is C33H32N4O2. The number of imidazole rings is 2. The maximum Gasteiger partial charge on any atom is 0.336 e. The van der Waals surface area contributed by atoms with Crippen molar-refractivity contribution in [1.29, 1.82) is 0 Å². The highest BCUT2D eigenvalue weighted by Crippen LogP contribution is 2.30. The summed E-state index contributed by atoms with van der Waals surface area (Å²) in [6, 6.07) is 27.6. The number of aryl methyl sites for hydroxylation is 2. The first-order valence-corrected chi connectivity index (χ1v) is 13.2. The first-order valence-electron chi connectivity index (χ1n) is 13.2. The smallest absolute Gasteiger partial charge is 0.336 e. The van der Waals surface area contributed by atoms with Gasteiger partial charge in [-0.25, -0.2) is 14.8 Å². The second-order valence-corrected chi connectivity index (χ2v) is 9.77. The van der Waals surface area contributed by atoms with E-state index in [9.17, 15) is 9.90 Å². The van der Waals surface area contributed by atoms with Gasteiger partial charge in [0, 0.05) is 19.2 Å². The lowest BCUT2D eigenvalue weighted by molar-refractivity contribution is 0.0697. The van der Waals surface area contributed by atoms with Crippen LogP contribution in [-0.2, 0) is 13.6 Å². The van der Waals surface area contributed by atoms with Crippen LogP contribution in [0.25, 0.3) is 44.6 Å². The second kappa shape index (κ2) is 11.0. The number of hydrogen-bond donors (Lipinski definition) is 1. The first-order chi connectivity index (χ1) is 18.9. The van der Waals surface area contributed by atoms with E-state index in [4.69, 9.17) is 4.98 Å². The molecule has 0 aliphatic rings. The summed E-state index contributed by atoms with van der Waals surface area (Å²) in [5, 5.41) is 9.52. The summed E-state index contributed by atoms with van der Waals surface area (Å²) < 4.78 is 4.28. The van der Waals surface area contributed by atoms with E-state index < -0.39 is 5.97 Å². The minimum atomic E-state index is -0.925. The molecule has 4 aromatic carbocycles. The van der Waals surface area contributed by atoms with Crippen molar-refractivity contribution in [1.82, 2.24) is 19.1 Å². The van der Waals surface area contributed by atoms with E-state index in [1.807, 2.05) is 68.0 Å². The zero-order valence-corrected chi connectivity index (χ0v) is 22.7. The lowest BCUT2D eigenvalue weighted by atomic mass is 9.99. The third-order valence-electron chi connectivity index (χ3n) is 6.74. The van der Waals surface area contributed by atoms with Crippen molar-refractivity contribution in [2.45, 2.75) is 33.7 Å². The normalized spacial score (nSPS) is 11.0. The first kappa shape index (κ1) is 25.9. The summed E-state index contributed by atoms with van der Waals surface area (Å²) >= 11 is 0. The molecule has 0 aliphatic heterocycles. The van der Waals surface area contributed by atoms with Gasteiger partial charge in [-0.2, -0.15) is 0 Å². The van der Waals surface area contributed by atoms with Crippen molar-refractivity contribution in [2.75, 3.05) is 0 Å². The Hall–Kier alpha value is -4.71. The van der Waals surface area contributed by atoms with Crippen LogP contribution in [0.2, 0.25) is 0 Å². The zero-order chi connectivity index (χ0) is 27.5. The number of fused-ring (bicyclic) bond motifs is 2. The summed E-state index contributed by atoms with van der Waals surface area (Å²) in [7, 11) is 2.05. The summed E-state index contributed by atoms with van der Waals surface area (Å²) in [4.78, 5) is 21.2. The fourth-order valence-corrected chi connectivity index (χ4v) is 4.90. The Morgan fingerprint density at radius 2 is 1.56 bits per heavy atom. The van der Waals surface area contributed by atoms with Gasteiger partial charge in [-0.1, -0.05) is 74.9 Å². The molecule has 0 atom stereocenters. The van der Waals surface area contributed by atoms with Gasteiger partial charge in [0.1, 0.15) is 5.82 Å². The topological polar surface area (TPSA) is 72.9 Å². The Labute approximate surface area is 228 Å². The van der Waals surface area contributed by atoms with Crippen molar-refractivity contribution in [2.24, 2.45) is 7.05 Å². The van der Waals surface area contributed by atoms with Crippen LogP contribution in [0, 0.1) is 6.92 Å². The molecule has 39 heavy (non-hydrogen) atoms. The van der Waals surface area contributed by atoms with Crippen LogP contribution in [0.5, 0.6) is 0 Å². The van der Waals surface area contributed by atoms with Gasteiger partial charge in [-0.05, 0) is 59.5 Å². The molecular weight excluding hydrogens is 484 g/mol. The number of para-hydroxylation sites is 2.